The molecule has 41 heavy (non-hydrogen) atoms. The molecule has 0 unspecified atom stereocenters. The highest BCUT2D eigenvalue weighted by molar-refractivity contribution is 7.85. The molecular formula is C31H32N4O5S. The first-order valence-electron chi connectivity index (χ1n) is 13.2. The summed E-state index contributed by atoms with van der Waals surface area (Å²) in [5, 5.41) is 0. The van der Waals surface area contributed by atoms with Crippen LogP contribution in [0.5, 0.6) is 0 Å². The van der Waals surface area contributed by atoms with E-state index in [4.69, 9.17) is 4.55 Å². The lowest BCUT2D eigenvalue weighted by Gasteiger charge is -2.32. The Morgan fingerprint density at radius 2 is 1.59 bits per heavy atom. The van der Waals surface area contributed by atoms with Gasteiger partial charge in [-0.15, -0.1) is 0 Å². The molecule has 4 aromatic rings. The third-order valence-electron chi connectivity index (χ3n) is 6.94. The van der Waals surface area contributed by atoms with Crippen molar-refractivity contribution in [2.75, 3.05) is 29.9 Å². The molecule has 3 aromatic carbocycles. The number of aromatic nitrogens is 2. The van der Waals surface area contributed by atoms with Gasteiger partial charge in [-0.05, 0) is 61.6 Å². The molecule has 1 N–H and O–H groups in total. The smallest absolute Gasteiger partial charge is 0.294 e. The van der Waals surface area contributed by atoms with Gasteiger partial charge in [0.25, 0.3) is 16.0 Å². The standard InChI is InChI=1S/C24H24N4O2.C7H8O3S/c1-27(23(30)21-9-7-18(17-29)8-10-21)22-11-14-25-24(26-22)28-15-12-20(13-16-28)19-5-3-2-4-6-19;1-6-2-4-7(5-3-6)11(8,9)10/h2-11,14,17,20H,12-13,15-16H2,1H3;2-5H,1H3,(H,8,9,10). The van der Waals surface area contributed by atoms with E-state index in [1.54, 1.807) is 55.7 Å². The third kappa shape index (κ3) is 7.84. The molecule has 0 saturated carbocycles. The van der Waals surface area contributed by atoms with Crippen LogP contribution >= 0.6 is 0 Å². The third-order valence-corrected chi connectivity index (χ3v) is 7.81. The Balaban J connectivity index is 0.000000296. The second-order valence-electron chi connectivity index (χ2n) is 9.78. The van der Waals surface area contributed by atoms with Crippen molar-refractivity contribution < 1.29 is 22.6 Å². The SMILES string of the molecule is CN(C(=O)c1ccc(C=O)cc1)c1ccnc(N2CCC(c3ccccc3)CC2)n1.Cc1ccc(S(=O)(=O)O)cc1. The summed E-state index contributed by atoms with van der Waals surface area (Å²) in [6.45, 7) is 3.61. The summed E-state index contributed by atoms with van der Waals surface area (Å²) in [4.78, 5) is 36.3. The first-order valence-corrected chi connectivity index (χ1v) is 14.6. The van der Waals surface area contributed by atoms with Gasteiger partial charge in [0.1, 0.15) is 12.1 Å². The van der Waals surface area contributed by atoms with Gasteiger partial charge in [-0.1, -0.05) is 60.2 Å². The second kappa shape index (κ2) is 13.3. The Morgan fingerprint density at radius 3 is 2.17 bits per heavy atom. The van der Waals surface area contributed by atoms with Crippen LogP contribution in [0.4, 0.5) is 11.8 Å². The van der Waals surface area contributed by atoms with E-state index in [0.29, 0.717) is 28.8 Å². The molecule has 9 nitrogen and oxygen atoms in total. The molecular weight excluding hydrogens is 540 g/mol. The zero-order chi connectivity index (χ0) is 29.4. The van der Waals surface area contributed by atoms with Crippen molar-refractivity contribution in [3.63, 3.8) is 0 Å². The summed E-state index contributed by atoms with van der Waals surface area (Å²) in [6.07, 6.45) is 4.56. The number of benzene rings is 3. The molecule has 1 amide bonds. The van der Waals surface area contributed by atoms with Gasteiger partial charge in [-0.3, -0.25) is 19.0 Å². The van der Waals surface area contributed by atoms with Gasteiger partial charge in [0.15, 0.2) is 0 Å². The van der Waals surface area contributed by atoms with Gasteiger partial charge in [-0.25, -0.2) is 4.98 Å². The van der Waals surface area contributed by atoms with Crippen molar-refractivity contribution in [2.45, 2.75) is 30.6 Å². The van der Waals surface area contributed by atoms with E-state index in [0.717, 1.165) is 37.8 Å². The minimum atomic E-state index is -4.02. The number of amides is 1. The monoisotopic (exact) mass is 572 g/mol. The zero-order valence-electron chi connectivity index (χ0n) is 22.9. The quantitative estimate of drug-likeness (QED) is 0.248. The highest BCUT2D eigenvalue weighted by atomic mass is 32.2. The lowest BCUT2D eigenvalue weighted by atomic mass is 9.90. The number of anilines is 2. The predicted molar refractivity (Wildman–Crippen MR) is 158 cm³/mol. The van der Waals surface area contributed by atoms with Crippen LogP contribution in [-0.2, 0) is 10.1 Å². The molecule has 0 spiro atoms. The highest BCUT2D eigenvalue weighted by Gasteiger charge is 2.23. The number of aldehydes is 1. The van der Waals surface area contributed by atoms with Crippen molar-refractivity contribution in [3.8, 4) is 0 Å². The topological polar surface area (TPSA) is 121 Å². The fourth-order valence-corrected chi connectivity index (χ4v) is 5.01. The van der Waals surface area contributed by atoms with E-state index < -0.39 is 10.1 Å². The lowest BCUT2D eigenvalue weighted by molar-refractivity contribution is 0.0991. The minimum absolute atomic E-state index is 0.0666. The predicted octanol–water partition coefficient (Wildman–Crippen LogP) is 5.19. The van der Waals surface area contributed by atoms with Crippen LogP contribution in [0.3, 0.4) is 0 Å². The molecule has 1 aliphatic rings. The molecule has 5 rings (SSSR count). The number of nitrogens with zero attached hydrogens (tertiary/aromatic N) is 4. The molecule has 1 saturated heterocycles. The Kier molecular flexibility index (Phi) is 9.59. The minimum Gasteiger partial charge on any atom is -0.341 e. The summed E-state index contributed by atoms with van der Waals surface area (Å²) in [6, 6.07) is 24.9. The molecule has 212 valence electrons. The van der Waals surface area contributed by atoms with Gasteiger partial charge in [-0.2, -0.15) is 13.4 Å². The molecule has 1 aliphatic heterocycles. The van der Waals surface area contributed by atoms with Crippen LogP contribution in [0.1, 0.15) is 50.6 Å². The number of carbonyl (C=O) groups is 2. The van der Waals surface area contributed by atoms with Gasteiger partial charge < -0.3 is 4.90 Å². The summed E-state index contributed by atoms with van der Waals surface area (Å²) in [7, 11) is -2.32. The van der Waals surface area contributed by atoms with Crippen molar-refractivity contribution >= 4 is 34.1 Å². The highest BCUT2D eigenvalue weighted by Crippen LogP contribution is 2.29. The molecule has 1 fully saturated rings. The average molecular weight is 573 g/mol. The maximum atomic E-state index is 12.8. The fourth-order valence-electron chi connectivity index (χ4n) is 4.53. The number of hydrogen-bond acceptors (Lipinski definition) is 7. The van der Waals surface area contributed by atoms with Crippen molar-refractivity contribution in [3.05, 3.63) is 113 Å². The molecule has 1 aromatic heterocycles. The van der Waals surface area contributed by atoms with E-state index in [2.05, 4.69) is 39.1 Å². The summed E-state index contributed by atoms with van der Waals surface area (Å²) in [5.41, 5.74) is 3.39. The van der Waals surface area contributed by atoms with Gasteiger partial charge >= 0.3 is 0 Å². The fraction of sp³-hybridized carbons (Fsp3) is 0.226. The first kappa shape index (κ1) is 29.6. The van der Waals surface area contributed by atoms with E-state index in [9.17, 15) is 18.0 Å². The van der Waals surface area contributed by atoms with Crippen LogP contribution in [0.25, 0.3) is 0 Å². The molecule has 0 radical (unpaired) electrons. The summed E-state index contributed by atoms with van der Waals surface area (Å²) in [5.74, 6) is 1.58. The van der Waals surface area contributed by atoms with Crippen LogP contribution in [0.15, 0.2) is 96.0 Å². The summed E-state index contributed by atoms with van der Waals surface area (Å²) >= 11 is 0. The molecule has 10 heteroatoms. The largest absolute Gasteiger partial charge is 0.341 e. The Hall–Kier alpha value is -4.41. The van der Waals surface area contributed by atoms with Crippen molar-refractivity contribution in [1.29, 1.82) is 0 Å². The number of aryl methyl sites for hydroxylation is 1. The zero-order valence-corrected chi connectivity index (χ0v) is 23.7. The Morgan fingerprint density at radius 1 is 0.951 bits per heavy atom. The number of rotatable bonds is 6. The number of piperidine rings is 1. The van der Waals surface area contributed by atoms with E-state index in [-0.39, 0.29) is 10.8 Å². The van der Waals surface area contributed by atoms with Crippen molar-refractivity contribution in [1.82, 2.24) is 9.97 Å². The van der Waals surface area contributed by atoms with Crippen LogP contribution in [-0.4, -0.2) is 55.3 Å². The Labute approximate surface area is 240 Å². The normalized spacial score (nSPS) is 13.6. The number of hydrogen-bond donors (Lipinski definition) is 1. The van der Waals surface area contributed by atoms with E-state index in [1.165, 1.54) is 22.6 Å². The van der Waals surface area contributed by atoms with Crippen LogP contribution in [0, 0.1) is 6.92 Å². The molecule has 0 atom stereocenters. The second-order valence-corrected chi connectivity index (χ2v) is 11.2. The molecule has 0 bridgehead atoms. The van der Waals surface area contributed by atoms with Gasteiger partial charge in [0.05, 0.1) is 4.90 Å². The van der Waals surface area contributed by atoms with Crippen LogP contribution in [0.2, 0.25) is 0 Å². The first-order chi connectivity index (χ1) is 19.7. The molecule has 2 heterocycles. The summed E-state index contributed by atoms with van der Waals surface area (Å²) < 4.78 is 29.6. The van der Waals surface area contributed by atoms with Crippen LogP contribution < -0.4 is 9.80 Å². The number of carbonyl (C=O) groups excluding carboxylic acids is 2. The Bertz CT molecular complexity index is 1570. The maximum absolute atomic E-state index is 12.8. The molecule has 0 aliphatic carbocycles. The average Bonchev–Trinajstić information content (AvgIpc) is 3.01. The van der Waals surface area contributed by atoms with E-state index in [1.807, 2.05) is 13.0 Å². The maximum Gasteiger partial charge on any atom is 0.294 e. The van der Waals surface area contributed by atoms with Gasteiger partial charge in [0, 0.05) is 37.5 Å². The van der Waals surface area contributed by atoms with E-state index >= 15 is 0 Å². The lowest BCUT2D eigenvalue weighted by Crippen LogP contribution is -2.35. The van der Waals surface area contributed by atoms with Gasteiger partial charge in [0.2, 0.25) is 5.95 Å². The van der Waals surface area contributed by atoms with Crippen molar-refractivity contribution in [2.24, 2.45) is 0 Å².